The summed E-state index contributed by atoms with van der Waals surface area (Å²) in [6, 6.07) is 8.65. The first-order valence-corrected chi connectivity index (χ1v) is 6.98. The Bertz CT molecular complexity index is 561. The SMILES string of the molecule is Cn1cncc1C(O)CC1CCCc2ccccc21. The molecule has 3 heteroatoms. The number of hydrogen-bond donors (Lipinski definition) is 1. The Morgan fingerprint density at radius 3 is 3.05 bits per heavy atom. The van der Waals surface area contributed by atoms with Crippen molar-refractivity contribution in [3.05, 3.63) is 53.6 Å². The topological polar surface area (TPSA) is 38.0 Å². The summed E-state index contributed by atoms with van der Waals surface area (Å²) in [4.78, 5) is 4.08. The Labute approximate surface area is 113 Å². The molecule has 0 fully saturated rings. The zero-order chi connectivity index (χ0) is 13.2. The van der Waals surface area contributed by atoms with E-state index < -0.39 is 6.10 Å². The second-order valence-corrected chi connectivity index (χ2v) is 5.47. The summed E-state index contributed by atoms with van der Waals surface area (Å²) in [7, 11) is 1.93. The van der Waals surface area contributed by atoms with Crippen LogP contribution < -0.4 is 0 Å². The zero-order valence-electron chi connectivity index (χ0n) is 11.3. The number of aryl methyl sites for hydroxylation is 2. The first-order chi connectivity index (χ1) is 9.25. The van der Waals surface area contributed by atoms with Crippen molar-refractivity contribution in [2.75, 3.05) is 0 Å². The quantitative estimate of drug-likeness (QED) is 0.916. The molecule has 1 aromatic heterocycles. The van der Waals surface area contributed by atoms with Crippen LogP contribution in [-0.2, 0) is 13.5 Å². The third-order valence-corrected chi connectivity index (χ3v) is 4.20. The average molecular weight is 256 g/mol. The molecule has 2 unspecified atom stereocenters. The fourth-order valence-corrected chi connectivity index (χ4v) is 3.18. The number of nitrogens with zero attached hydrogens (tertiary/aromatic N) is 2. The molecule has 1 heterocycles. The minimum Gasteiger partial charge on any atom is -0.387 e. The first kappa shape index (κ1) is 12.4. The summed E-state index contributed by atoms with van der Waals surface area (Å²) in [6.07, 6.45) is 7.44. The predicted molar refractivity (Wildman–Crippen MR) is 74.9 cm³/mol. The fraction of sp³-hybridized carbons (Fsp3) is 0.438. The molecule has 0 bridgehead atoms. The van der Waals surface area contributed by atoms with E-state index >= 15 is 0 Å². The van der Waals surface area contributed by atoms with Gasteiger partial charge in [0.2, 0.25) is 0 Å². The van der Waals surface area contributed by atoms with Crippen LogP contribution in [-0.4, -0.2) is 14.7 Å². The van der Waals surface area contributed by atoms with Gasteiger partial charge in [0, 0.05) is 7.05 Å². The second kappa shape index (κ2) is 5.17. The van der Waals surface area contributed by atoms with Crippen molar-refractivity contribution in [1.82, 2.24) is 9.55 Å². The van der Waals surface area contributed by atoms with Crippen molar-refractivity contribution in [3.63, 3.8) is 0 Å². The van der Waals surface area contributed by atoms with Gasteiger partial charge in [-0.05, 0) is 42.7 Å². The highest BCUT2D eigenvalue weighted by atomic mass is 16.3. The van der Waals surface area contributed by atoms with E-state index in [1.54, 1.807) is 12.5 Å². The average Bonchev–Trinajstić information content (AvgIpc) is 2.85. The summed E-state index contributed by atoms with van der Waals surface area (Å²) >= 11 is 0. The van der Waals surface area contributed by atoms with Gasteiger partial charge >= 0.3 is 0 Å². The molecule has 0 saturated carbocycles. The van der Waals surface area contributed by atoms with E-state index in [1.807, 2.05) is 11.6 Å². The molecule has 0 aliphatic heterocycles. The van der Waals surface area contributed by atoms with Crippen molar-refractivity contribution in [2.24, 2.45) is 7.05 Å². The van der Waals surface area contributed by atoms with E-state index in [-0.39, 0.29) is 0 Å². The Kier molecular flexibility index (Phi) is 3.38. The lowest BCUT2D eigenvalue weighted by atomic mass is 9.80. The van der Waals surface area contributed by atoms with Crippen molar-refractivity contribution < 1.29 is 5.11 Å². The minimum absolute atomic E-state index is 0.427. The van der Waals surface area contributed by atoms with Crippen LogP contribution >= 0.6 is 0 Å². The molecule has 19 heavy (non-hydrogen) atoms. The van der Waals surface area contributed by atoms with Crippen LogP contribution in [0, 0.1) is 0 Å². The molecule has 3 nitrogen and oxygen atoms in total. The van der Waals surface area contributed by atoms with E-state index in [1.165, 1.54) is 30.4 Å². The molecule has 2 aromatic rings. The fourth-order valence-electron chi connectivity index (χ4n) is 3.18. The van der Waals surface area contributed by atoms with Gasteiger partial charge in [-0.25, -0.2) is 4.98 Å². The summed E-state index contributed by atoms with van der Waals surface area (Å²) < 4.78 is 1.90. The maximum Gasteiger partial charge on any atom is 0.0961 e. The Hall–Kier alpha value is -1.61. The van der Waals surface area contributed by atoms with Crippen LogP contribution in [0.15, 0.2) is 36.8 Å². The second-order valence-electron chi connectivity index (χ2n) is 5.47. The number of hydrogen-bond acceptors (Lipinski definition) is 2. The van der Waals surface area contributed by atoms with E-state index in [4.69, 9.17) is 0 Å². The highest BCUT2D eigenvalue weighted by molar-refractivity contribution is 5.32. The van der Waals surface area contributed by atoms with Crippen LogP contribution in [0.5, 0.6) is 0 Å². The van der Waals surface area contributed by atoms with Gasteiger partial charge in [0.15, 0.2) is 0 Å². The van der Waals surface area contributed by atoms with Gasteiger partial charge in [-0.1, -0.05) is 24.3 Å². The number of aliphatic hydroxyl groups excluding tert-OH is 1. The lowest BCUT2D eigenvalue weighted by molar-refractivity contribution is 0.146. The Morgan fingerprint density at radius 2 is 2.26 bits per heavy atom. The highest BCUT2D eigenvalue weighted by Crippen LogP contribution is 2.37. The molecule has 0 amide bonds. The van der Waals surface area contributed by atoms with Gasteiger partial charge < -0.3 is 9.67 Å². The number of aliphatic hydroxyl groups is 1. The maximum atomic E-state index is 10.4. The molecule has 100 valence electrons. The minimum atomic E-state index is -0.427. The monoisotopic (exact) mass is 256 g/mol. The van der Waals surface area contributed by atoms with Crippen molar-refractivity contribution in [3.8, 4) is 0 Å². The van der Waals surface area contributed by atoms with Gasteiger partial charge in [-0.15, -0.1) is 0 Å². The number of fused-ring (bicyclic) bond motifs is 1. The molecule has 3 rings (SSSR count). The molecule has 1 aromatic carbocycles. The van der Waals surface area contributed by atoms with Gasteiger partial charge in [0.05, 0.1) is 24.3 Å². The van der Waals surface area contributed by atoms with E-state index in [9.17, 15) is 5.11 Å². The van der Waals surface area contributed by atoms with E-state index in [2.05, 4.69) is 29.2 Å². The smallest absolute Gasteiger partial charge is 0.0961 e. The number of imidazole rings is 1. The van der Waals surface area contributed by atoms with Crippen molar-refractivity contribution in [1.29, 1.82) is 0 Å². The lowest BCUT2D eigenvalue weighted by Crippen LogP contribution is -2.14. The van der Waals surface area contributed by atoms with Crippen LogP contribution in [0.2, 0.25) is 0 Å². The zero-order valence-corrected chi connectivity index (χ0v) is 11.3. The molecule has 1 N–H and O–H groups in total. The number of benzene rings is 1. The summed E-state index contributed by atoms with van der Waals surface area (Å²) in [6.45, 7) is 0. The predicted octanol–water partition coefficient (Wildman–Crippen LogP) is 2.96. The maximum absolute atomic E-state index is 10.4. The summed E-state index contributed by atoms with van der Waals surface area (Å²) in [5.41, 5.74) is 3.79. The van der Waals surface area contributed by atoms with Crippen molar-refractivity contribution >= 4 is 0 Å². The Morgan fingerprint density at radius 1 is 1.42 bits per heavy atom. The lowest BCUT2D eigenvalue weighted by Gasteiger charge is -2.27. The Balaban J connectivity index is 1.80. The molecule has 0 spiro atoms. The molecule has 2 atom stereocenters. The summed E-state index contributed by atoms with van der Waals surface area (Å²) in [5.74, 6) is 0.467. The number of aromatic nitrogens is 2. The van der Waals surface area contributed by atoms with Gasteiger partial charge in [-0.3, -0.25) is 0 Å². The van der Waals surface area contributed by atoms with E-state index in [0.717, 1.165) is 12.1 Å². The summed E-state index contributed by atoms with van der Waals surface area (Å²) in [5, 5.41) is 10.4. The molecular weight excluding hydrogens is 236 g/mol. The van der Waals surface area contributed by atoms with Gasteiger partial charge in [0.1, 0.15) is 0 Å². The normalized spacial score (nSPS) is 20.0. The number of rotatable bonds is 3. The van der Waals surface area contributed by atoms with Crippen LogP contribution in [0.4, 0.5) is 0 Å². The van der Waals surface area contributed by atoms with Crippen molar-refractivity contribution in [2.45, 2.75) is 37.7 Å². The molecule has 1 aliphatic rings. The molecule has 1 aliphatic carbocycles. The van der Waals surface area contributed by atoms with Crippen LogP contribution in [0.1, 0.15) is 48.1 Å². The molecule has 0 radical (unpaired) electrons. The highest BCUT2D eigenvalue weighted by Gasteiger charge is 2.24. The van der Waals surface area contributed by atoms with Gasteiger partial charge in [0.25, 0.3) is 0 Å². The van der Waals surface area contributed by atoms with Crippen LogP contribution in [0.3, 0.4) is 0 Å². The molecule has 0 saturated heterocycles. The standard InChI is InChI=1S/C16H20N2O/c1-18-11-17-10-15(18)16(19)9-13-7-4-6-12-5-2-3-8-14(12)13/h2-3,5,8,10-11,13,16,19H,4,6-7,9H2,1H3. The third kappa shape index (κ3) is 2.43. The first-order valence-electron chi connectivity index (χ1n) is 6.98. The van der Waals surface area contributed by atoms with Crippen LogP contribution in [0.25, 0.3) is 0 Å². The molecular formula is C16H20N2O. The largest absolute Gasteiger partial charge is 0.387 e. The van der Waals surface area contributed by atoms with Gasteiger partial charge in [-0.2, -0.15) is 0 Å². The third-order valence-electron chi connectivity index (χ3n) is 4.20. The van der Waals surface area contributed by atoms with E-state index in [0.29, 0.717) is 5.92 Å².